The van der Waals surface area contributed by atoms with Crippen LogP contribution in [0.15, 0.2) is 48.5 Å². The number of unbranched alkanes of at least 4 members (excludes halogenated alkanes) is 3. The Morgan fingerprint density at radius 1 is 0.800 bits per heavy atom. The third-order valence-electron chi connectivity index (χ3n) is 4.59. The predicted octanol–water partition coefficient (Wildman–Crippen LogP) is 5.83. The van der Waals surface area contributed by atoms with Crippen molar-refractivity contribution in [1.29, 1.82) is 0 Å². The Morgan fingerprint density at radius 2 is 1.33 bits per heavy atom. The maximum absolute atomic E-state index is 12.3. The fraction of sp³-hybridized carbons (Fsp3) is 0.458. The molecule has 0 aromatic heterocycles. The van der Waals surface area contributed by atoms with Gasteiger partial charge >= 0.3 is 5.97 Å². The first-order chi connectivity index (χ1) is 14.4. The summed E-state index contributed by atoms with van der Waals surface area (Å²) in [6.07, 6.45) is 5.48. The number of carbonyl (C=O) groups is 1. The van der Waals surface area contributed by atoms with Crippen LogP contribution in [0, 0.1) is 0 Å². The van der Waals surface area contributed by atoms with E-state index in [1.54, 1.807) is 36.4 Å². The second-order valence-corrected chi connectivity index (χ2v) is 12.2. The van der Waals surface area contributed by atoms with Crippen LogP contribution >= 0.6 is 0 Å². The third kappa shape index (κ3) is 9.46. The van der Waals surface area contributed by atoms with E-state index in [9.17, 15) is 9.59 Å². The Labute approximate surface area is 181 Å². The van der Waals surface area contributed by atoms with E-state index in [1.807, 2.05) is 25.2 Å². The highest BCUT2D eigenvalue weighted by Crippen LogP contribution is 2.20. The SMILES string of the molecule is CCCCCCOc1ccc(OC(=O)c2ccc(OCCC[Si](C)(C)O)cc2)cc1. The molecule has 6 heteroatoms. The van der Waals surface area contributed by atoms with Crippen LogP contribution in [0.1, 0.15) is 49.4 Å². The second-order valence-electron chi connectivity index (χ2n) is 8.06. The van der Waals surface area contributed by atoms with Gasteiger partial charge in [-0.15, -0.1) is 0 Å². The second kappa shape index (κ2) is 12.4. The van der Waals surface area contributed by atoms with Gasteiger partial charge < -0.3 is 19.0 Å². The quantitative estimate of drug-likeness (QED) is 0.187. The smallest absolute Gasteiger partial charge is 0.343 e. The van der Waals surface area contributed by atoms with Crippen molar-refractivity contribution in [1.82, 2.24) is 0 Å². The molecule has 2 aromatic carbocycles. The molecule has 0 fully saturated rings. The van der Waals surface area contributed by atoms with Crippen molar-refractivity contribution < 1.29 is 23.8 Å². The molecule has 0 spiro atoms. The van der Waals surface area contributed by atoms with Crippen LogP contribution < -0.4 is 14.2 Å². The van der Waals surface area contributed by atoms with Crippen molar-refractivity contribution in [3.05, 3.63) is 54.1 Å². The molecule has 0 saturated carbocycles. The molecule has 0 aliphatic rings. The Morgan fingerprint density at radius 3 is 1.90 bits per heavy atom. The fourth-order valence-electron chi connectivity index (χ4n) is 2.87. The molecule has 0 aliphatic heterocycles. The zero-order valence-corrected chi connectivity index (χ0v) is 19.4. The Hall–Kier alpha value is -2.31. The average Bonchev–Trinajstić information content (AvgIpc) is 2.72. The highest BCUT2D eigenvalue weighted by molar-refractivity contribution is 6.69. The van der Waals surface area contributed by atoms with Gasteiger partial charge in [-0.2, -0.15) is 0 Å². The molecule has 30 heavy (non-hydrogen) atoms. The molecule has 164 valence electrons. The molecule has 2 rings (SSSR count). The zero-order chi connectivity index (χ0) is 21.8. The molecule has 5 nitrogen and oxygen atoms in total. The first-order valence-electron chi connectivity index (χ1n) is 10.8. The van der Waals surface area contributed by atoms with Crippen LogP contribution in [0.3, 0.4) is 0 Å². The van der Waals surface area contributed by atoms with Crippen molar-refractivity contribution >= 4 is 14.3 Å². The van der Waals surface area contributed by atoms with E-state index in [-0.39, 0.29) is 0 Å². The van der Waals surface area contributed by atoms with Crippen LogP contribution in [0.5, 0.6) is 17.2 Å². The number of hydrogen-bond donors (Lipinski definition) is 1. The maximum Gasteiger partial charge on any atom is 0.343 e. The van der Waals surface area contributed by atoms with Gasteiger partial charge in [0.1, 0.15) is 17.2 Å². The first kappa shape index (κ1) is 24.0. The molecular weight excluding hydrogens is 396 g/mol. The molecule has 0 bridgehead atoms. The van der Waals surface area contributed by atoms with Crippen molar-refractivity contribution in [3.8, 4) is 17.2 Å². The summed E-state index contributed by atoms with van der Waals surface area (Å²) in [5.74, 6) is 1.54. The molecule has 0 heterocycles. The van der Waals surface area contributed by atoms with Crippen molar-refractivity contribution in [2.45, 2.75) is 58.2 Å². The molecule has 1 N–H and O–H groups in total. The van der Waals surface area contributed by atoms with E-state index >= 15 is 0 Å². The van der Waals surface area contributed by atoms with E-state index in [0.29, 0.717) is 30.3 Å². The lowest BCUT2D eigenvalue weighted by atomic mass is 10.2. The summed E-state index contributed by atoms with van der Waals surface area (Å²) in [6.45, 7) is 7.28. The van der Waals surface area contributed by atoms with Crippen molar-refractivity contribution in [3.63, 3.8) is 0 Å². The van der Waals surface area contributed by atoms with Crippen LogP contribution in [-0.2, 0) is 0 Å². The number of hydrogen-bond acceptors (Lipinski definition) is 5. The lowest BCUT2D eigenvalue weighted by Gasteiger charge is -2.13. The summed E-state index contributed by atoms with van der Waals surface area (Å²) in [4.78, 5) is 22.2. The lowest BCUT2D eigenvalue weighted by molar-refractivity contribution is 0.0734. The minimum absolute atomic E-state index is 0.414. The number of carbonyl (C=O) groups excluding carboxylic acids is 1. The molecular formula is C24H34O5Si. The van der Waals surface area contributed by atoms with Crippen molar-refractivity contribution in [2.24, 2.45) is 0 Å². The van der Waals surface area contributed by atoms with Gasteiger partial charge in [-0.05, 0) is 80.5 Å². The highest BCUT2D eigenvalue weighted by Gasteiger charge is 2.15. The van der Waals surface area contributed by atoms with Gasteiger partial charge in [-0.1, -0.05) is 26.2 Å². The van der Waals surface area contributed by atoms with Gasteiger partial charge in [0, 0.05) is 0 Å². The molecule has 0 atom stereocenters. The lowest BCUT2D eigenvalue weighted by Crippen LogP contribution is -2.25. The molecule has 0 radical (unpaired) electrons. The summed E-state index contributed by atoms with van der Waals surface area (Å²) in [6, 6.07) is 14.8. The minimum atomic E-state index is -2.02. The monoisotopic (exact) mass is 430 g/mol. The van der Waals surface area contributed by atoms with E-state index < -0.39 is 14.3 Å². The van der Waals surface area contributed by atoms with E-state index in [1.165, 1.54) is 19.3 Å². The summed E-state index contributed by atoms with van der Waals surface area (Å²) in [5, 5.41) is 0. The fourth-order valence-corrected chi connectivity index (χ4v) is 3.88. The zero-order valence-electron chi connectivity index (χ0n) is 18.4. The summed E-state index contributed by atoms with van der Waals surface area (Å²) < 4.78 is 16.8. The van der Waals surface area contributed by atoms with Crippen LogP contribution in [0.4, 0.5) is 0 Å². The Balaban J connectivity index is 1.76. The van der Waals surface area contributed by atoms with Crippen LogP contribution in [0.25, 0.3) is 0 Å². The van der Waals surface area contributed by atoms with Gasteiger partial charge in [0.2, 0.25) is 0 Å². The molecule has 0 unspecified atom stereocenters. The van der Waals surface area contributed by atoms with Crippen molar-refractivity contribution in [2.75, 3.05) is 13.2 Å². The predicted molar refractivity (Wildman–Crippen MR) is 122 cm³/mol. The van der Waals surface area contributed by atoms with Crippen LogP contribution in [0.2, 0.25) is 19.1 Å². The van der Waals surface area contributed by atoms with E-state index in [0.717, 1.165) is 24.6 Å². The van der Waals surface area contributed by atoms with Crippen LogP contribution in [-0.4, -0.2) is 32.3 Å². The molecule has 0 saturated heterocycles. The van der Waals surface area contributed by atoms with Gasteiger partial charge in [-0.3, -0.25) is 0 Å². The Bertz CT molecular complexity index is 751. The Kier molecular flexibility index (Phi) is 9.90. The molecule has 0 amide bonds. The van der Waals surface area contributed by atoms with Gasteiger partial charge in [0.05, 0.1) is 18.8 Å². The number of rotatable bonds is 13. The average molecular weight is 431 g/mol. The van der Waals surface area contributed by atoms with E-state index in [2.05, 4.69) is 6.92 Å². The standard InChI is InChI=1S/C24H34O5Si/c1-4-5-6-7-17-27-22-13-15-23(16-14-22)29-24(25)20-9-11-21(12-10-20)28-18-8-19-30(2,3)26/h9-16,26H,4-8,17-19H2,1-3H3. The number of benzene rings is 2. The molecule has 0 aliphatic carbocycles. The normalized spacial score (nSPS) is 11.2. The van der Waals surface area contributed by atoms with Gasteiger partial charge in [-0.25, -0.2) is 4.79 Å². The van der Waals surface area contributed by atoms with Gasteiger partial charge in [0.15, 0.2) is 8.32 Å². The maximum atomic E-state index is 12.3. The number of ether oxygens (including phenoxy) is 3. The molecule has 2 aromatic rings. The first-order valence-corrected chi connectivity index (χ1v) is 13.9. The number of esters is 1. The summed E-state index contributed by atoms with van der Waals surface area (Å²) in [7, 11) is -2.02. The topological polar surface area (TPSA) is 65.0 Å². The summed E-state index contributed by atoms with van der Waals surface area (Å²) >= 11 is 0. The highest BCUT2D eigenvalue weighted by atomic mass is 28.4. The van der Waals surface area contributed by atoms with Gasteiger partial charge in [0.25, 0.3) is 0 Å². The largest absolute Gasteiger partial charge is 0.494 e. The minimum Gasteiger partial charge on any atom is -0.494 e. The third-order valence-corrected chi connectivity index (χ3v) is 6.17. The van der Waals surface area contributed by atoms with E-state index in [4.69, 9.17) is 14.2 Å². The summed E-state index contributed by atoms with van der Waals surface area (Å²) in [5.41, 5.74) is 0.461.